The van der Waals surface area contributed by atoms with Gasteiger partial charge in [-0.3, -0.25) is 9.59 Å². The van der Waals surface area contributed by atoms with E-state index < -0.39 is 11.8 Å². The predicted molar refractivity (Wildman–Crippen MR) is 52.7 cm³/mol. The summed E-state index contributed by atoms with van der Waals surface area (Å²) in [6, 6.07) is 0. The molecule has 2 amide bonds. The summed E-state index contributed by atoms with van der Waals surface area (Å²) in [6.45, 7) is 4.74. The van der Waals surface area contributed by atoms with Crippen LogP contribution in [-0.2, 0) is 9.59 Å². The van der Waals surface area contributed by atoms with Gasteiger partial charge in [0.15, 0.2) is 0 Å². The van der Waals surface area contributed by atoms with Gasteiger partial charge in [-0.1, -0.05) is 0 Å². The van der Waals surface area contributed by atoms with Crippen LogP contribution in [0, 0.1) is 0 Å². The van der Waals surface area contributed by atoms with Crippen molar-refractivity contribution in [2.75, 3.05) is 33.3 Å². The van der Waals surface area contributed by atoms with E-state index in [1.807, 2.05) is 13.8 Å². The van der Waals surface area contributed by atoms with Crippen molar-refractivity contribution in [2.45, 2.75) is 13.8 Å². The maximum absolute atomic E-state index is 11.5. The minimum atomic E-state index is -0.567. The molecule has 0 atom stereocenters. The third kappa shape index (κ3) is 3.33. The molecule has 0 aromatic rings. The summed E-state index contributed by atoms with van der Waals surface area (Å²) in [4.78, 5) is 25.6. The van der Waals surface area contributed by atoms with Gasteiger partial charge >= 0.3 is 11.8 Å². The minimum Gasteiger partial charge on any atom is -0.395 e. The normalized spacial score (nSPS) is 9.71. The number of carbonyl (C=O) groups is 2. The van der Waals surface area contributed by atoms with Crippen molar-refractivity contribution in [3.8, 4) is 0 Å². The first-order valence-electron chi connectivity index (χ1n) is 4.73. The predicted octanol–water partition coefficient (Wildman–Crippen LogP) is -0.694. The van der Waals surface area contributed by atoms with Crippen LogP contribution in [0.1, 0.15) is 13.8 Å². The highest BCUT2D eigenvalue weighted by Crippen LogP contribution is 1.93. The number of rotatable bonds is 4. The highest BCUT2D eigenvalue weighted by atomic mass is 16.3. The molecule has 0 bridgehead atoms. The van der Waals surface area contributed by atoms with Gasteiger partial charge in [0.1, 0.15) is 0 Å². The van der Waals surface area contributed by atoms with E-state index in [4.69, 9.17) is 5.11 Å². The van der Waals surface area contributed by atoms with Gasteiger partial charge in [-0.05, 0) is 13.8 Å². The fourth-order valence-electron chi connectivity index (χ4n) is 1.06. The Kier molecular flexibility index (Phi) is 5.87. The van der Waals surface area contributed by atoms with Gasteiger partial charge in [0, 0.05) is 26.7 Å². The van der Waals surface area contributed by atoms with E-state index in [0.29, 0.717) is 13.1 Å². The molecule has 0 aliphatic heterocycles. The molecule has 0 aromatic carbocycles. The molecule has 1 N–H and O–H groups in total. The smallest absolute Gasteiger partial charge is 0.312 e. The molecule has 5 heteroatoms. The Hall–Kier alpha value is -1.10. The standard InChI is InChI=1S/C9H18N2O3/c1-4-11(5-2)9(14)8(13)10(3)6-7-12/h12H,4-7H2,1-3H3. The first-order valence-corrected chi connectivity index (χ1v) is 4.73. The zero-order chi connectivity index (χ0) is 11.1. The molecule has 0 rings (SSSR count). The Balaban J connectivity index is 4.29. The summed E-state index contributed by atoms with van der Waals surface area (Å²) in [7, 11) is 1.50. The summed E-state index contributed by atoms with van der Waals surface area (Å²) in [5.41, 5.74) is 0. The van der Waals surface area contributed by atoms with Gasteiger partial charge in [0.05, 0.1) is 6.61 Å². The number of nitrogens with zero attached hydrogens (tertiary/aromatic N) is 2. The van der Waals surface area contributed by atoms with Gasteiger partial charge in [-0.15, -0.1) is 0 Å². The lowest BCUT2D eigenvalue weighted by atomic mass is 10.4. The topological polar surface area (TPSA) is 60.9 Å². The van der Waals surface area contributed by atoms with Crippen molar-refractivity contribution >= 4 is 11.8 Å². The summed E-state index contributed by atoms with van der Waals surface area (Å²) >= 11 is 0. The lowest BCUT2D eigenvalue weighted by Crippen LogP contribution is -2.44. The van der Waals surface area contributed by atoms with Crippen LogP contribution < -0.4 is 0 Å². The quantitative estimate of drug-likeness (QED) is 0.614. The molecule has 0 unspecified atom stereocenters. The molecular formula is C9H18N2O3. The van der Waals surface area contributed by atoms with E-state index in [-0.39, 0.29) is 13.2 Å². The first kappa shape index (κ1) is 12.9. The number of hydrogen-bond donors (Lipinski definition) is 1. The van der Waals surface area contributed by atoms with Gasteiger partial charge < -0.3 is 14.9 Å². The zero-order valence-corrected chi connectivity index (χ0v) is 8.99. The van der Waals surface area contributed by atoms with Crippen LogP contribution in [0.15, 0.2) is 0 Å². The van der Waals surface area contributed by atoms with Crippen LogP contribution in [0.5, 0.6) is 0 Å². The maximum atomic E-state index is 11.5. The molecular weight excluding hydrogens is 184 g/mol. The average Bonchev–Trinajstić information content (AvgIpc) is 2.18. The fourth-order valence-corrected chi connectivity index (χ4v) is 1.06. The highest BCUT2D eigenvalue weighted by Gasteiger charge is 2.22. The Morgan fingerprint density at radius 2 is 1.64 bits per heavy atom. The van der Waals surface area contributed by atoms with Crippen molar-refractivity contribution < 1.29 is 14.7 Å². The van der Waals surface area contributed by atoms with Crippen molar-refractivity contribution in [3.05, 3.63) is 0 Å². The zero-order valence-electron chi connectivity index (χ0n) is 8.99. The SMILES string of the molecule is CCN(CC)C(=O)C(=O)N(C)CCO. The van der Waals surface area contributed by atoms with Gasteiger partial charge in [-0.25, -0.2) is 0 Å². The molecule has 0 heterocycles. The molecule has 0 saturated carbocycles. The molecule has 0 spiro atoms. The molecule has 0 aromatic heterocycles. The van der Waals surface area contributed by atoms with Crippen LogP contribution in [0.4, 0.5) is 0 Å². The third-order valence-corrected chi connectivity index (χ3v) is 2.02. The van der Waals surface area contributed by atoms with E-state index in [1.54, 1.807) is 0 Å². The van der Waals surface area contributed by atoms with Crippen LogP contribution in [0.3, 0.4) is 0 Å². The van der Waals surface area contributed by atoms with Crippen molar-refractivity contribution in [2.24, 2.45) is 0 Å². The lowest BCUT2D eigenvalue weighted by molar-refractivity contribution is -0.151. The monoisotopic (exact) mass is 202 g/mol. The number of amides is 2. The number of hydrogen-bond acceptors (Lipinski definition) is 3. The number of carbonyl (C=O) groups excluding carboxylic acids is 2. The largest absolute Gasteiger partial charge is 0.395 e. The molecule has 0 saturated heterocycles. The Morgan fingerprint density at radius 3 is 2.00 bits per heavy atom. The van der Waals surface area contributed by atoms with Gasteiger partial charge in [-0.2, -0.15) is 0 Å². The second kappa shape index (κ2) is 6.37. The Morgan fingerprint density at radius 1 is 1.14 bits per heavy atom. The van der Waals surface area contributed by atoms with E-state index in [9.17, 15) is 9.59 Å². The lowest BCUT2D eigenvalue weighted by Gasteiger charge is -2.21. The van der Waals surface area contributed by atoms with Crippen LogP contribution >= 0.6 is 0 Å². The third-order valence-electron chi connectivity index (χ3n) is 2.02. The van der Waals surface area contributed by atoms with Crippen LogP contribution in [0.25, 0.3) is 0 Å². The molecule has 14 heavy (non-hydrogen) atoms. The second-order valence-corrected chi connectivity index (χ2v) is 2.93. The van der Waals surface area contributed by atoms with E-state index in [2.05, 4.69) is 0 Å². The maximum Gasteiger partial charge on any atom is 0.312 e. The van der Waals surface area contributed by atoms with E-state index >= 15 is 0 Å². The van der Waals surface area contributed by atoms with Gasteiger partial charge in [0.2, 0.25) is 0 Å². The average molecular weight is 202 g/mol. The fraction of sp³-hybridized carbons (Fsp3) is 0.778. The summed E-state index contributed by atoms with van der Waals surface area (Å²) < 4.78 is 0. The molecule has 5 nitrogen and oxygen atoms in total. The van der Waals surface area contributed by atoms with E-state index in [1.165, 1.54) is 16.8 Å². The number of likely N-dealkylation sites (N-methyl/N-ethyl adjacent to an activating group) is 2. The highest BCUT2D eigenvalue weighted by molar-refractivity contribution is 6.34. The first-order chi connectivity index (χ1) is 6.58. The number of aliphatic hydroxyl groups is 1. The summed E-state index contributed by atoms with van der Waals surface area (Å²) in [6.07, 6.45) is 0. The molecule has 0 aliphatic rings. The minimum absolute atomic E-state index is 0.131. The summed E-state index contributed by atoms with van der Waals surface area (Å²) in [5.74, 6) is -1.08. The molecule has 82 valence electrons. The van der Waals surface area contributed by atoms with E-state index in [0.717, 1.165) is 0 Å². The van der Waals surface area contributed by atoms with Crippen LogP contribution in [-0.4, -0.2) is 60.0 Å². The molecule has 0 radical (unpaired) electrons. The van der Waals surface area contributed by atoms with Gasteiger partial charge in [0.25, 0.3) is 0 Å². The molecule has 0 fully saturated rings. The molecule has 0 aliphatic carbocycles. The Bertz CT molecular complexity index is 202. The van der Waals surface area contributed by atoms with Crippen molar-refractivity contribution in [1.82, 2.24) is 9.80 Å². The van der Waals surface area contributed by atoms with Crippen molar-refractivity contribution in [3.63, 3.8) is 0 Å². The van der Waals surface area contributed by atoms with Crippen molar-refractivity contribution in [1.29, 1.82) is 0 Å². The second-order valence-electron chi connectivity index (χ2n) is 2.93. The number of aliphatic hydroxyl groups excluding tert-OH is 1. The summed E-state index contributed by atoms with van der Waals surface area (Å²) in [5, 5.41) is 8.60. The van der Waals surface area contributed by atoms with Crippen LogP contribution in [0.2, 0.25) is 0 Å². The Labute approximate surface area is 84.3 Å².